The van der Waals surface area contributed by atoms with Crippen LogP contribution in [0.4, 0.5) is 0 Å². The molecule has 0 saturated carbocycles. The predicted molar refractivity (Wildman–Crippen MR) is 67.7 cm³/mol. The van der Waals surface area contributed by atoms with Gasteiger partial charge in [-0.1, -0.05) is 30.3 Å². The smallest absolute Gasteiger partial charge is 0.118 e. The van der Waals surface area contributed by atoms with Crippen LogP contribution in [0.2, 0.25) is 0 Å². The van der Waals surface area contributed by atoms with Crippen LogP contribution < -0.4 is 5.73 Å². The summed E-state index contributed by atoms with van der Waals surface area (Å²) in [6.45, 7) is 1.14. The summed E-state index contributed by atoms with van der Waals surface area (Å²) in [4.78, 5) is 1.90. The molecule has 1 fully saturated rings. The third-order valence-corrected chi connectivity index (χ3v) is 3.46. The van der Waals surface area contributed by atoms with E-state index >= 15 is 0 Å². The van der Waals surface area contributed by atoms with Gasteiger partial charge >= 0.3 is 0 Å². The number of β-amino-alcohol motifs (C(OH)–C–C–N with tert-alkyl or cyclic N) is 2. The van der Waals surface area contributed by atoms with Gasteiger partial charge in [0.1, 0.15) is 11.7 Å². The van der Waals surface area contributed by atoms with E-state index in [-0.39, 0.29) is 13.1 Å². The molecule has 2 rings (SSSR count). The normalized spacial score (nSPS) is 33.6. The van der Waals surface area contributed by atoms with Crippen LogP contribution in [0.1, 0.15) is 5.56 Å². The van der Waals surface area contributed by atoms with Crippen LogP contribution in [-0.2, 0) is 6.54 Å². The highest BCUT2D eigenvalue weighted by Gasteiger charge is 2.44. The molecule has 1 aliphatic rings. The van der Waals surface area contributed by atoms with Gasteiger partial charge in [-0.25, -0.2) is 0 Å². The van der Waals surface area contributed by atoms with Crippen molar-refractivity contribution in [3.63, 3.8) is 0 Å². The monoisotopic (exact) mass is 252 g/mol. The summed E-state index contributed by atoms with van der Waals surface area (Å²) in [5.41, 5.74) is 5.16. The molecule has 0 radical (unpaired) electrons. The summed E-state index contributed by atoms with van der Waals surface area (Å²) in [5, 5.41) is 29.8. The van der Waals surface area contributed by atoms with E-state index in [4.69, 9.17) is 5.73 Å². The minimum absolute atomic E-state index is 0.0729. The zero-order valence-electron chi connectivity index (χ0n) is 10.2. The van der Waals surface area contributed by atoms with E-state index in [1.165, 1.54) is 0 Å². The number of aliphatic hydroxyl groups is 3. The molecular formula is C13H20N2O3. The fourth-order valence-corrected chi connectivity index (χ4v) is 2.42. The quantitative estimate of drug-likeness (QED) is 0.549. The molecule has 0 aliphatic carbocycles. The lowest BCUT2D eigenvalue weighted by Crippen LogP contribution is -2.66. The first-order valence-electron chi connectivity index (χ1n) is 6.10. The summed E-state index contributed by atoms with van der Waals surface area (Å²) in [5.74, 6) is 0. The molecule has 5 nitrogen and oxygen atoms in total. The number of benzene rings is 1. The Morgan fingerprint density at radius 2 is 1.94 bits per heavy atom. The predicted octanol–water partition coefficient (Wildman–Crippen LogP) is -1.09. The van der Waals surface area contributed by atoms with Crippen LogP contribution in [0.15, 0.2) is 30.3 Å². The van der Waals surface area contributed by atoms with Crippen molar-refractivity contribution < 1.29 is 15.3 Å². The van der Waals surface area contributed by atoms with Crippen molar-refractivity contribution in [2.75, 3.05) is 19.6 Å². The van der Waals surface area contributed by atoms with E-state index in [0.717, 1.165) is 5.56 Å². The Morgan fingerprint density at radius 1 is 1.28 bits per heavy atom. The summed E-state index contributed by atoms with van der Waals surface area (Å²) < 4.78 is 0. The van der Waals surface area contributed by atoms with Gasteiger partial charge in [-0.15, -0.1) is 0 Å². The Labute approximate surface area is 106 Å². The topological polar surface area (TPSA) is 90.0 Å². The first-order chi connectivity index (χ1) is 8.55. The van der Waals surface area contributed by atoms with Crippen molar-refractivity contribution in [1.82, 2.24) is 4.90 Å². The number of hydrogen-bond acceptors (Lipinski definition) is 5. The van der Waals surface area contributed by atoms with Gasteiger partial charge < -0.3 is 21.1 Å². The molecule has 100 valence electrons. The average molecular weight is 252 g/mol. The second kappa shape index (κ2) is 5.34. The van der Waals surface area contributed by atoms with Crippen LogP contribution >= 0.6 is 0 Å². The molecule has 1 aromatic rings. The second-order valence-electron chi connectivity index (χ2n) is 4.98. The average Bonchev–Trinajstić information content (AvgIpc) is 2.37. The second-order valence-corrected chi connectivity index (χ2v) is 4.98. The first-order valence-corrected chi connectivity index (χ1v) is 6.10. The van der Waals surface area contributed by atoms with Crippen LogP contribution in [0.3, 0.4) is 0 Å². The Morgan fingerprint density at radius 3 is 2.56 bits per heavy atom. The minimum atomic E-state index is -1.44. The lowest BCUT2D eigenvalue weighted by atomic mass is 9.87. The largest absolute Gasteiger partial charge is 0.389 e. The number of nitrogens with zero attached hydrogens (tertiary/aromatic N) is 1. The molecule has 0 spiro atoms. The maximum atomic E-state index is 10.2. The Balaban J connectivity index is 2.07. The summed E-state index contributed by atoms with van der Waals surface area (Å²) in [6, 6.07) is 9.80. The van der Waals surface area contributed by atoms with Crippen LogP contribution in [0.25, 0.3) is 0 Å². The van der Waals surface area contributed by atoms with Crippen molar-refractivity contribution in [2.24, 2.45) is 5.73 Å². The lowest BCUT2D eigenvalue weighted by molar-refractivity contribution is -0.167. The highest BCUT2D eigenvalue weighted by atomic mass is 16.4. The fourth-order valence-electron chi connectivity index (χ4n) is 2.42. The number of nitrogens with two attached hydrogens (primary N) is 1. The molecule has 0 aromatic heterocycles. The summed E-state index contributed by atoms with van der Waals surface area (Å²) in [7, 11) is 0. The summed E-state index contributed by atoms with van der Waals surface area (Å²) in [6.07, 6.45) is -2.16. The van der Waals surface area contributed by atoms with Crippen molar-refractivity contribution in [2.45, 2.75) is 24.4 Å². The lowest BCUT2D eigenvalue weighted by Gasteiger charge is -2.44. The van der Waals surface area contributed by atoms with E-state index in [2.05, 4.69) is 0 Å². The maximum absolute atomic E-state index is 10.2. The molecule has 5 heteroatoms. The van der Waals surface area contributed by atoms with Gasteiger partial charge in [0.05, 0.1) is 6.10 Å². The molecular weight excluding hydrogens is 232 g/mol. The van der Waals surface area contributed by atoms with Crippen molar-refractivity contribution in [1.29, 1.82) is 0 Å². The Bertz CT molecular complexity index is 387. The van der Waals surface area contributed by atoms with Crippen LogP contribution in [0, 0.1) is 0 Å². The van der Waals surface area contributed by atoms with Gasteiger partial charge in [0.2, 0.25) is 0 Å². The van der Waals surface area contributed by atoms with Gasteiger partial charge in [0.25, 0.3) is 0 Å². The molecule has 1 aromatic carbocycles. The molecule has 1 saturated heterocycles. The minimum Gasteiger partial charge on any atom is -0.389 e. The fraction of sp³-hybridized carbons (Fsp3) is 0.538. The first kappa shape index (κ1) is 13.5. The van der Waals surface area contributed by atoms with E-state index in [1.54, 1.807) is 0 Å². The van der Waals surface area contributed by atoms with Gasteiger partial charge in [0.15, 0.2) is 0 Å². The van der Waals surface area contributed by atoms with Crippen molar-refractivity contribution in [3.8, 4) is 0 Å². The van der Waals surface area contributed by atoms with E-state index in [1.807, 2.05) is 35.2 Å². The zero-order valence-corrected chi connectivity index (χ0v) is 10.2. The zero-order chi connectivity index (χ0) is 13.2. The molecule has 0 unspecified atom stereocenters. The molecule has 5 N–H and O–H groups in total. The number of likely N-dealkylation sites (tertiary alicyclic amines) is 1. The van der Waals surface area contributed by atoms with Gasteiger partial charge in [-0.05, 0) is 5.56 Å². The molecule has 18 heavy (non-hydrogen) atoms. The molecule has 1 heterocycles. The third kappa shape index (κ3) is 2.71. The Kier molecular flexibility index (Phi) is 3.99. The van der Waals surface area contributed by atoms with Crippen molar-refractivity contribution >= 4 is 0 Å². The van der Waals surface area contributed by atoms with Crippen LogP contribution in [0.5, 0.6) is 0 Å². The highest BCUT2D eigenvalue weighted by Crippen LogP contribution is 2.22. The number of hydrogen-bond donors (Lipinski definition) is 4. The maximum Gasteiger partial charge on any atom is 0.118 e. The van der Waals surface area contributed by atoms with Crippen molar-refractivity contribution in [3.05, 3.63) is 35.9 Å². The van der Waals surface area contributed by atoms with Gasteiger partial charge in [-0.2, -0.15) is 0 Å². The third-order valence-electron chi connectivity index (χ3n) is 3.46. The standard InChI is InChI=1S/C13H20N2O3/c14-8-13(18)9-15(7-11(16)12(13)17)6-10-4-2-1-3-5-10/h1-5,11-12,16-18H,6-9,14H2/t11-,12+,13+/m0/s1. The van der Waals surface area contributed by atoms with E-state index < -0.39 is 17.8 Å². The summed E-state index contributed by atoms with van der Waals surface area (Å²) >= 11 is 0. The molecule has 0 bridgehead atoms. The number of aliphatic hydroxyl groups excluding tert-OH is 2. The molecule has 3 atom stereocenters. The highest BCUT2D eigenvalue weighted by molar-refractivity contribution is 5.15. The number of rotatable bonds is 3. The van der Waals surface area contributed by atoms with Crippen LogP contribution in [-0.4, -0.2) is 57.7 Å². The number of piperidine rings is 1. The Hall–Kier alpha value is -0.980. The van der Waals surface area contributed by atoms with E-state index in [0.29, 0.717) is 13.1 Å². The van der Waals surface area contributed by atoms with E-state index in [9.17, 15) is 15.3 Å². The molecule has 0 amide bonds. The molecule has 1 aliphatic heterocycles. The van der Waals surface area contributed by atoms with Gasteiger partial charge in [-0.3, -0.25) is 4.90 Å². The SMILES string of the molecule is NC[C@@]1(O)CN(Cc2ccccc2)C[C@H](O)[C@H]1O. The van der Waals surface area contributed by atoms with Gasteiger partial charge in [0, 0.05) is 26.2 Å².